The third kappa shape index (κ3) is 2.29. The van der Waals surface area contributed by atoms with Crippen LogP contribution in [0.25, 0.3) is 0 Å². The summed E-state index contributed by atoms with van der Waals surface area (Å²) in [5, 5.41) is 18.4. The maximum absolute atomic E-state index is 11.3. The number of hydrogen-bond donors (Lipinski definition) is 1. The van der Waals surface area contributed by atoms with Crippen LogP contribution in [0.15, 0.2) is 24.3 Å². The standard InChI is InChI=1S/C13H15N3O2/c1-15-6-7-16(12(9-15)13(17)18)11-5-3-2-4-10(11)8-14/h2-5,12H,6-7,9H2,1H3,(H,17,18). The van der Waals surface area contributed by atoms with Gasteiger partial charge in [-0.15, -0.1) is 0 Å². The fraction of sp³-hybridized carbons (Fsp3) is 0.385. The zero-order chi connectivity index (χ0) is 13.1. The van der Waals surface area contributed by atoms with E-state index in [0.717, 1.165) is 6.54 Å². The number of piperazine rings is 1. The molecule has 94 valence electrons. The van der Waals surface area contributed by atoms with Crippen molar-refractivity contribution in [2.45, 2.75) is 6.04 Å². The average molecular weight is 245 g/mol. The molecule has 5 heteroatoms. The number of nitriles is 1. The van der Waals surface area contributed by atoms with E-state index in [1.807, 2.05) is 18.0 Å². The van der Waals surface area contributed by atoms with E-state index in [1.165, 1.54) is 0 Å². The van der Waals surface area contributed by atoms with E-state index >= 15 is 0 Å². The number of carbonyl (C=O) groups is 1. The first-order chi connectivity index (χ1) is 8.63. The number of aliphatic carboxylic acids is 1. The van der Waals surface area contributed by atoms with Crippen molar-refractivity contribution in [3.63, 3.8) is 0 Å². The summed E-state index contributed by atoms with van der Waals surface area (Å²) in [6, 6.07) is 8.65. The molecule has 0 aromatic heterocycles. The normalized spacial score (nSPS) is 20.4. The summed E-state index contributed by atoms with van der Waals surface area (Å²) in [4.78, 5) is 15.1. The van der Waals surface area contributed by atoms with Gasteiger partial charge in [-0.3, -0.25) is 0 Å². The number of hydrogen-bond acceptors (Lipinski definition) is 4. The second kappa shape index (κ2) is 5.07. The van der Waals surface area contributed by atoms with E-state index in [1.54, 1.807) is 23.1 Å². The van der Waals surface area contributed by atoms with Gasteiger partial charge in [-0.1, -0.05) is 12.1 Å². The highest BCUT2D eigenvalue weighted by Gasteiger charge is 2.31. The summed E-state index contributed by atoms with van der Waals surface area (Å²) < 4.78 is 0. The van der Waals surface area contributed by atoms with Gasteiger partial charge in [0.25, 0.3) is 0 Å². The molecule has 1 N–H and O–H groups in total. The minimum Gasteiger partial charge on any atom is -0.480 e. The number of nitrogens with zero attached hydrogens (tertiary/aromatic N) is 3. The highest BCUT2D eigenvalue weighted by atomic mass is 16.4. The van der Waals surface area contributed by atoms with Crippen molar-refractivity contribution in [3.05, 3.63) is 29.8 Å². The molecule has 0 bridgehead atoms. The number of anilines is 1. The Labute approximate surface area is 106 Å². The Morgan fingerprint density at radius 1 is 1.44 bits per heavy atom. The van der Waals surface area contributed by atoms with Crippen LogP contribution in [0.3, 0.4) is 0 Å². The molecule has 1 unspecified atom stereocenters. The summed E-state index contributed by atoms with van der Waals surface area (Å²) in [6.45, 7) is 1.88. The van der Waals surface area contributed by atoms with Gasteiger partial charge in [-0.2, -0.15) is 5.26 Å². The second-order valence-corrected chi connectivity index (χ2v) is 4.44. The summed E-state index contributed by atoms with van der Waals surface area (Å²) in [6.07, 6.45) is 0. The molecule has 1 saturated heterocycles. The lowest BCUT2D eigenvalue weighted by atomic mass is 10.1. The Bertz CT molecular complexity index is 495. The highest BCUT2D eigenvalue weighted by Crippen LogP contribution is 2.24. The largest absolute Gasteiger partial charge is 0.480 e. The van der Waals surface area contributed by atoms with Gasteiger partial charge >= 0.3 is 5.97 Å². The number of para-hydroxylation sites is 1. The lowest BCUT2D eigenvalue weighted by Gasteiger charge is -2.39. The Morgan fingerprint density at radius 2 is 2.17 bits per heavy atom. The van der Waals surface area contributed by atoms with E-state index in [9.17, 15) is 9.90 Å². The first-order valence-corrected chi connectivity index (χ1v) is 5.80. The second-order valence-electron chi connectivity index (χ2n) is 4.44. The van der Waals surface area contributed by atoms with Gasteiger partial charge in [0.15, 0.2) is 0 Å². The van der Waals surface area contributed by atoms with Gasteiger partial charge in [0, 0.05) is 19.6 Å². The lowest BCUT2D eigenvalue weighted by Crippen LogP contribution is -2.55. The molecular formula is C13H15N3O2. The molecule has 0 amide bonds. The number of rotatable bonds is 2. The van der Waals surface area contributed by atoms with Crippen LogP contribution in [0, 0.1) is 11.3 Å². The minimum absolute atomic E-state index is 0.467. The summed E-state index contributed by atoms with van der Waals surface area (Å²) in [5.41, 5.74) is 1.23. The zero-order valence-corrected chi connectivity index (χ0v) is 10.2. The molecule has 1 atom stereocenters. The van der Waals surface area contributed by atoms with Crippen LogP contribution in [0.1, 0.15) is 5.56 Å². The maximum atomic E-state index is 11.3. The summed E-state index contributed by atoms with van der Waals surface area (Å²) >= 11 is 0. The van der Waals surface area contributed by atoms with Gasteiger partial charge in [0.05, 0.1) is 11.3 Å². The molecule has 1 aromatic carbocycles. The smallest absolute Gasteiger partial charge is 0.327 e. The van der Waals surface area contributed by atoms with E-state index in [0.29, 0.717) is 24.3 Å². The molecule has 1 aromatic rings. The van der Waals surface area contributed by atoms with Crippen LogP contribution in [0.5, 0.6) is 0 Å². The molecule has 0 aliphatic carbocycles. The van der Waals surface area contributed by atoms with Gasteiger partial charge in [0.2, 0.25) is 0 Å². The van der Waals surface area contributed by atoms with E-state index < -0.39 is 12.0 Å². The number of carboxylic acids is 1. The molecule has 1 heterocycles. The molecule has 5 nitrogen and oxygen atoms in total. The molecular weight excluding hydrogens is 230 g/mol. The van der Waals surface area contributed by atoms with Crippen molar-refractivity contribution in [2.24, 2.45) is 0 Å². The topological polar surface area (TPSA) is 67.6 Å². The number of benzene rings is 1. The van der Waals surface area contributed by atoms with E-state index in [4.69, 9.17) is 5.26 Å². The van der Waals surface area contributed by atoms with Crippen molar-refractivity contribution in [1.82, 2.24) is 4.90 Å². The van der Waals surface area contributed by atoms with Crippen molar-refractivity contribution in [1.29, 1.82) is 5.26 Å². The fourth-order valence-corrected chi connectivity index (χ4v) is 2.24. The molecule has 1 aliphatic rings. The quantitative estimate of drug-likeness (QED) is 0.833. The van der Waals surface area contributed by atoms with Gasteiger partial charge in [-0.05, 0) is 19.2 Å². The Kier molecular flexibility index (Phi) is 3.49. The summed E-state index contributed by atoms with van der Waals surface area (Å²) in [7, 11) is 1.91. The van der Waals surface area contributed by atoms with Gasteiger partial charge in [-0.25, -0.2) is 4.79 Å². The lowest BCUT2D eigenvalue weighted by molar-refractivity contribution is -0.139. The predicted molar refractivity (Wildman–Crippen MR) is 67.4 cm³/mol. The third-order valence-corrected chi connectivity index (χ3v) is 3.20. The van der Waals surface area contributed by atoms with Crippen LogP contribution >= 0.6 is 0 Å². The van der Waals surface area contributed by atoms with Gasteiger partial charge in [0.1, 0.15) is 12.1 Å². The van der Waals surface area contributed by atoms with Crippen molar-refractivity contribution in [3.8, 4) is 6.07 Å². The monoisotopic (exact) mass is 245 g/mol. The van der Waals surface area contributed by atoms with Crippen LogP contribution < -0.4 is 4.90 Å². The Balaban J connectivity index is 2.36. The molecule has 0 radical (unpaired) electrons. The highest BCUT2D eigenvalue weighted by molar-refractivity contribution is 5.80. The average Bonchev–Trinajstić information content (AvgIpc) is 2.38. The first kappa shape index (κ1) is 12.4. The van der Waals surface area contributed by atoms with Crippen LogP contribution in [-0.4, -0.2) is 48.7 Å². The minimum atomic E-state index is -0.853. The number of carboxylic acid groups (broad SMARTS) is 1. The van der Waals surface area contributed by atoms with Crippen LogP contribution in [0.2, 0.25) is 0 Å². The van der Waals surface area contributed by atoms with E-state index in [2.05, 4.69) is 6.07 Å². The third-order valence-electron chi connectivity index (χ3n) is 3.20. The molecule has 0 spiro atoms. The van der Waals surface area contributed by atoms with Crippen LogP contribution in [0.4, 0.5) is 5.69 Å². The summed E-state index contributed by atoms with van der Waals surface area (Å²) in [5.74, 6) is -0.853. The predicted octanol–water partition coefficient (Wildman–Crippen LogP) is 0.763. The molecule has 0 saturated carbocycles. The fourth-order valence-electron chi connectivity index (χ4n) is 2.24. The van der Waals surface area contributed by atoms with E-state index in [-0.39, 0.29) is 0 Å². The Morgan fingerprint density at radius 3 is 2.83 bits per heavy atom. The molecule has 1 aliphatic heterocycles. The van der Waals surface area contributed by atoms with Gasteiger partial charge < -0.3 is 14.9 Å². The zero-order valence-electron chi connectivity index (χ0n) is 10.2. The first-order valence-electron chi connectivity index (χ1n) is 5.80. The molecule has 18 heavy (non-hydrogen) atoms. The van der Waals surface area contributed by atoms with Crippen molar-refractivity contribution >= 4 is 11.7 Å². The maximum Gasteiger partial charge on any atom is 0.327 e. The van der Waals surface area contributed by atoms with Crippen LogP contribution in [-0.2, 0) is 4.79 Å². The molecule has 2 rings (SSSR count). The SMILES string of the molecule is CN1CCN(c2ccccc2C#N)C(C(=O)O)C1. The van der Waals surface area contributed by atoms with Crippen molar-refractivity contribution in [2.75, 3.05) is 31.6 Å². The molecule has 1 fully saturated rings. The van der Waals surface area contributed by atoms with Crippen molar-refractivity contribution < 1.29 is 9.90 Å². The number of likely N-dealkylation sites (N-methyl/N-ethyl adjacent to an activating group) is 1. The Hall–Kier alpha value is -2.06.